The molecule has 0 unspecified atom stereocenters. The van der Waals surface area contributed by atoms with Crippen LogP contribution in [0.4, 0.5) is 26.3 Å². The summed E-state index contributed by atoms with van der Waals surface area (Å²) in [7, 11) is -4.22. The molecule has 0 fully saturated rings. The first-order valence-corrected chi connectivity index (χ1v) is 28.2. The minimum Gasteiger partial charge on any atom is -0.860 e. The smallest absolute Gasteiger partial charge is 0.416 e. The summed E-state index contributed by atoms with van der Waals surface area (Å²) >= 11 is 0. The van der Waals surface area contributed by atoms with Crippen molar-refractivity contribution in [2.45, 2.75) is 12.4 Å². The molecule has 0 amide bonds. The molecule has 0 saturated carbocycles. The highest BCUT2D eigenvalue weighted by Crippen LogP contribution is 2.57. The van der Waals surface area contributed by atoms with E-state index >= 15 is 0 Å². The average molecular weight is 1090 g/mol. The number of ketones is 2. The minimum atomic E-state index is -5.05. The second-order valence-electron chi connectivity index (χ2n) is 17.3. The molecule has 9 rings (SSSR count). The van der Waals surface area contributed by atoms with Gasteiger partial charge in [0.05, 0.1) is 42.2 Å². The van der Waals surface area contributed by atoms with E-state index in [1.165, 1.54) is 31.8 Å². The van der Waals surface area contributed by atoms with Crippen LogP contribution in [0.5, 0.6) is 17.2 Å². The summed E-state index contributed by atoms with van der Waals surface area (Å²) in [5, 5.41) is 27.4. The number of Topliss-reactive ketones (excluding diaryl/α,β-unsaturated/α-hetero) is 2. The Bertz CT molecular complexity index is 2930. The predicted molar refractivity (Wildman–Crippen MR) is 298 cm³/mol. The molecule has 0 N–H and O–H groups in total. The molecule has 0 aliphatic carbocycles. The molecule has 0 saturated heterocycles. The van der Waals surface area contributed by atoms with Gasteiger partial charge in [-0.15, -0.1) is 0 Å². The van der Waals surface area contributed by atoms with Crippen molar-refractivity contribution in [1.29, 1.82) is 0 Å². The van der Waals surface area contributed by atoms with Crippen molar-refractivity contribution in [1.82, 2.24) is 0 Å². The number of hydrogen-bond acceptors (Lipinski definition) is 7. The molecule has 7 nitrogen and oxygen atoms in total. The summed E-state index contributed by atoms with van der Waals surface area (Å²) in [5.74, 6) is 0.353. The maximum Gasteiger partial charge on any atom is 0.416 e. The Morgan fingerprint density at radius 1 is 0.397 bits per heavy atom. The summed E-state index contributed by atoms with van der Waals surface area (Å²) in [5.41, 5.74) is -2.06. The van der Waals surface area contributed by atoms with Crippen LogP contribution in [-0.2, 0) is 12.4 Å². The Labute approximate surface area is 450 Å². The van der Waals surface area contributed by atoms with E-state index in [1.807, 2.05) is 84.9 Å². The Kier molecular flexibility index (Phi) is 19.6. The van der Waals surface area contributed by atoms with E-state index in [1.54, 1.807) is 14.2 Å². The zero-order chi connectivity index (χ0) is 55.8. The van der Waals surface area contributed by atoms with Gasteiger partial charge < -0.3 is 24.2 Å². The first kappa shape index (κ1) is 57.8. The number of halogens is 6. The molecule has 396 valence electrons. The molecule has 0 radical (unpaired) electrons. The van der Waals surface area contributed by atoms with Crippen LogP contribution >= 0.6 is 14.5 Å². The third-order valence-corrected chi connectivity index (χ3v) is 21.2. The fraction of sp³-hybridized carbons (Fsp3) is 0.0968. The van der Waals surface area contributed by atoms with E-state index in [4.69, 9.17) is 9.47 Å². The van der Waals surface area contributed by atoms with Crippen molar-refractivity contribution in [3.05, 3.63) is 271 Å². The Hall–Kier alpha value is -7.86. The van der Waals surface area contributed by atoms with Crippen molar-refractivity contribution in [3.63, 3.8) is 0 Å². The van der Waals surface area contributed by atoms with Crippen LogP contribution < -0.4 is 56.0 Å². The van der Waals surface area contributed by atoms with Crippen LogP contribution in [0.3, 0.4) is 0 Å². The molecule has 78 heavy (non-hydrogen) atoms. The van der Waals surface area contributed by atoms with Gasteiger partial charge in [-0.3, -0.25) is 9.59 Å². The number of alkyl halides is 6. The average Bonchev–Trinajstić information content (AvgIpc) is 3.48. The van der Waals surface area contributed by atoms with Crippen LogP contribution in [0.2, 0.25) is 0 Å². The number of rotatable bonds is 16. The molecule has 0 aromatic heterocycles. The van der Waals surface area contributed by atoms with Crippen LogP contribution in [0.25, 0.3) is 0 Å². The number of methoxy groups -OCH3 is 2. The van der Waals surface area contributed by atoms with Gasteiger partial charge in [0, 0.05) is 0 Å². The predicted octanol–water partition coefficient (Wildman–Crippen LogP) is 10.6. The molecule has 0 aliphatic heterocycles. The molecule has 9 aromatic rings. The Morgan fingerprint density at radius 2 is 0.641 bits per heavy atom. The standard InChI is InChI=1S/2C27H24O2P.C8H3BF6O3/c2*1-29-27-20-12-11-19-25(27)26(28)21-30(22-13-5-2-6-14-22,23-15-7-3-8-16-23)24-17-9-4-10-18-24;10-7(11,12)4-1-5(8(13,14)15)3-6(2-4)18-9(16)17/h2*2-20H,21H2,1H3;1-3H/q2*+1;-2. The summed E-state index contributed by atoms with van der Waals surface area (Å²) in [4.78, 5) is 27.4. The van der Waals surface area contributed by atoms with Crippen molar-refractivity contribution >= 4 is 65.2 Å². The highest BCUT2D eigenvalue weighted by molar-refractivity contribution is 7.96. The van der Waals surface area contributed by atoms with Gasteiger partial charge in [-0.2, -0.15) is 26.3 Å². The number of hydrogen-bond donors (Lipinski definition) is 0. The molecule has 0 spiro atoms. The van der Waals surface area contributed by atoms with Crippen molar-refractivity contribution in [3.8, 4) is 17.2 Å². The van der Waals surface area contributed by atoms with Crippen molar-refractivity contribution in [2.75, 3.05) is 26.5 Å². The minimum absolute atomic E-state index is 0.0948. The molecule has 0 atom stereocenters. The van der Waals surface area contributed by atoms with Crippen molar-refractivity contribution in [2.24, 2.45) is 0 Å². The lowest BCUT2D eigenvalue weighted by molar-refractivity contribution is -0.372. The van der Waals surface area contributed by atoms with Gasteiger partial charge >= 0.3 is 12.4 Å². The maximum atomic E-state index is 13.7. The van der Waals surface area contributed by atoms with Crippen LogP contribution in [0.15, 0.2) is 249 Å². The van der Waals surface area contributed by atoms with E-state index in [0.717, 1.165) is 0 Å². The third kappa shape index (κ3) is 14.0. The van der Waals surface area contributed by atoms with Gasteiger partial charge in [0.25, 0.3) is 0 Å². The van der Waals surface area contributed by atoms with Crippen LogP contribution in [-0.4, -0.2) is 45.4 Å². The van der Waals surface area contributed by atoms with Crippen molar-refractivity contribution < 1.29 is 60.1 Å². The second-order valence-corrected chi connectivity index (χ2v) is 24.3. The molecule has 0 bridgehead atoms. The van der Waals surface area contributed by atoms with Gasteiger partial charge in [0.15, 0.2) is 0 Å². The highest BCUT2D eigenvalue weighted by atomic mass is 31.2. The highest BCUT2D eigenvalue weighted by Gasteiger charge is 2.49. The normalized spacial score (nSPS) is 11.4. The number of carbonyl (C=O) groups excluding carboxylic acids is 2. The summed E-state index contributed by atoms with van der Waals surface area (Å²) in [6.07, 6.45) is -9.29. The van der Waals surface area contributed by atoms with Gasteiger partial charge in [-0.05, 0) is 115 Å². The monoisotopic (exact) mass is 1090 g/mol. The topological polar surface area (TPSA) is 108 Å². The van der Waals surface area contributed by atoms with E-state index in [-0.39, 0.29) is 29.8 Å². The summed E-state index contributed by atoms with van der Waals surface area (Å²) in [6.45, 7) is 0. The summed E-state index contributed by atoms with van der Waals surface area (Å²) < 4.78 is 88.5. The lowest BCUT2D eigenvalue weighted by Crippen LogP contribution is -2.50. The fourth-order valence-electron chi connectivity index (χ4n) is 8.99. The van der Waals surface area contributed by atoms with E-state index in [9.17, 15) is 46.0 Å². The van der Waals surface area contributed by atoms with Gasteiger partial charge in [0.2, 0.25) is 11.6 Å². The van der Waals surface area contributed by atoms with E-state index < -0.39 is 51.1 Å². The molecule has 0 aliphatic rings. The Morgan fingerprint density at radius 3 is 0.872 bits per heavy atom. The van der Waals surface area contributed by atoms with Crippen LogP contribution in [0, 0.1) is 0 Å². The zero-order valence-corrected chi connectivity index (χ0v) is 44.0. The lowest BCUT2D eigenvalue weighted by atomic mass is 10.1. The Balaban J connectivity index is 0.000000176. The first-order valence-electron chi connectivity index (χ1n) is 24.2. The second kappa shape index (κ2) is 26.5. The van der Waals surface area contributed by atoms with Gasteiger partial charge in [-0.25, -0.2) is 0 Å². The molecule has 9 aromatic carbocycles. The quantitative estimate of drug-likeness (QED) is 0.0410. The third-order valence-electron chi connectivity index (χ3n) is 12.6. The molecule has 16 heteroatoms. The fourth-order valence-corrected chi connectivity index (χ4v) is 17.2. The number of carbonyl (C=O) groups is 2. The van der Waals surface area contributed by atoms with Gasteiger partial charge in [0.1, 0.15) is 77.5 Å². The van der Waals surface area contributed by atoms with E-state index in [0.29, 0.717) is 34.9 Å². The number of benzene rings is 9. The SMILES string of the molecule is COc1ccccc1C(=O)C[P+](c1ccccc1)(c1ccccc1)c1ccccc1.COc1ccccc1C(=O)C[P+](c1ccccc1)(c1ccccc1)c1ccccc1.[O-]B([O-])Oc1cc(C(F)(F)F)cc(C(F)(F)F)c1. The van der Waals surface area contributed by atoms with Gasteiger partial charge in [-0.1, -0.05) is 133 Å². The summed E-state index contributed by atoms with van der Waals surface area (Å²) in [6, 6.07) is 77.9. The molecular weight excluding hydrogens is 1040 g/mol. The number of ether oxygens (including phenoxy) is 2. The van der Waals surface area contributed by atoms with Crippen LogP contribution in [0.1, 0.15) is 31.8 Å². The number of para-hydroxylation sites is 2. The zero-order valence-electron chi connectivity index (χ0n) is 42.2. The lowest BCUT2D eigenvalue weighted by Gasteiger charge is -2.27. The molecular formula is C62H51BF6O7P2. The molecule has 0 heterocycles. The largest absolute Gasteiger partial charge is 0.860 e. The maximum absolute atomic E-state index is 13.7. The van der Waals surface area contributed by atoms with E-state index in [2.05, 4.69) is 150 Å². The first-order chi connectivity index (χ1) is 37.5.